The van der Waals surface area contributed by atoms with Crippen LogP contribution in [0.25, 0.3) is 0 Å². The minimum absolute atomic E-state index is 0.0282. The summed E-state index contributed by atoms with van der Waals surface area (Å²) < 4.78 is -0.0282. The molecule has 0 unspecified atom stereocenters. The molecule has 0 aromatic rings. The average Bonchev–Trinajstić information content (AvgIpc) is 2.40. The summed E-state index contributed by atoms with van der Waals surface area (Å²) in [5.74, 6) is 0. The zero-order valence-electron chi connectivity index (χ0n) is 13.5. The van der Waals surface area contributed by atoms with E-state index in [1.54, 1.807) is 13.8 Å². The Labute approximate surface area is 148 Å². The van der Waals surface area contributed by atoms with E-state index in [9.17, 15) is 10.2 Å². The topological polar surface area (TPSA) is 52.8 Å². The maximum absolute atomic E-state index is 9.78. The van der Waals surface area contributed by atoms with E-state index in [1.807, 2.05) is 6.92 Å². The van der Waals surface area contributed by atoms with Gasteiger partial charge in [0, 0.05) is 0 Å². The van der Waals surface area contributed by atoms with Crippen LogP contribution in [0.1, 0.15) is 46.5 Å². The molecule has 0 bridgehead atoms. The zero-order chi connectivity index (χ0) is 17.3. The van der Waals surface area contributed by atoms with Gasteiger partial charge in [-0.1, -0.05) is 23.8 Å². The Morgan fingerprint density at radius 3 is 2.41 bits per heavy atom. The lowest BCUT2D eigenvalue weighted by atomic mass is 9.95. The minimum atomic E-state index is -1.06. The van der Waals surface area contributed by atoms with Gasteiger partial charge in [0.15, 0.2) is 4.63 Å². The summed E-state index contributed by atoms with van der Waals surface area (Å²) >= 11 is 17.0. The number of hydrogen-bond donors (Lipinski definition) is 2. The van der Waals surface area contributed by atoms with Crippen LogP contribution in [0.5, 0.6) is 0 Å². The first-order valence-corrected chi connectivity index (χ1v) is 8.46. The van der Waals surface area contributed by atoms with Gasteiger partial charge in [-0.15, -0.1) is 11.6 Å². The summed E-state index contributed by atoms with van der Waals surface area (Å²) in [6, 6.07) is 0. The van der Waals surface area contributed by atoms with E-state index < -0.39 is 11.7 Å². The monoisotopic (exact) mass is 369 g/mol. The molecule has 0 spiro atoms. The van der Waals surface area contributed by atoms with Crippen molar-refractivity contribution >= 4 is 39.4 Å². The van der Waals surface area contributed by atoms with E-state index in [4.69, 9.17) is 34.8 Å². The van der Waals surface area contributed by atoms with E-state index in [1.165, 1.54) is 5.57 Å². The smallest absolute Gasteiger partial charge is 0.192 e. The molecule has 0 heterocycles. The molecule has 2 atom stereocenters. The molecule has 0 fully saturated rings. The van der Waals surface area contributed by atoms with Crippen LogP contribution in [0.2, 0.25) is 0 Å². The van der Waals surface area contributed by atoms with E-state index in [2.05, 4.69) is 17.6 Å². The fraction of sp³-hybridized carbons (Fsp3) is 0.688. The number of hydrogen-bond acceptors (Lipinski definition) is 3. The lowest BCUT2D eigenvalue weighted by Gasteiger charge is -2.24. The maximum Gasteiger partial charge on any atom is 0.192 e. The third-order valence-corrected chi connectivity index (χ3v) is 4.09. The first-order chi connectivity index (χ1) is 10.0. The molecule has 0 amide bonds. The molecule has 22 heavy (non-hydrogen) atoms. The van der Waals surface area contributed by atoms with Gasteiger partial charge in [0.1, 0.15) is 0 Å². The number of aliphatic imine (C=N–C) groups is 1. The van der Waals surface area contributed by atoms with Gasteiger partial charge in [-0.25, -0.2) is 0 Å². The van der Waals surface area contributed by atoms with Gasteiger partial charge in [-0.2, -0.15) is 0 Å². The third-order valence-electron chi connectivity index (χ3n) is 3.40. The van der Waals surface area contributed by atoms with Crippen LogP contribution in [-0.4, -0.2) is 38.5 Å². The minimum Gasteiger partial charge on any atom is -0.390 e. The lowest BCUT2D eigenvalue weighted by Crippen LogP contribution is -2.35. The average molecular weight is 371 g/mol. The van der Waals surface area contributed by atoms with Gasteiger partial charge in [0.05, 0.1) is 23.6 Å². The SMILES string of the molecule is C=C(CC/C=C(\C)CC[C@H](O)C(C)(C)O)[C@H](Cl)CN=C(Cl)Cl. The van der Waals surface area contributed by atoms with Crippen LogP contribution in [0.3, 0.4) is 0 Å². The van der Waals surface area contributed by atoms with Gasteiger partial charge >= 0.3 is 0 Å². The van der Waals surface area contributed by atoms with E-state index in [-0.39, 0.29) is 10.0 Å². The number of aliphatic hydroxyl groups is 2. The summed E-state index contributed by atoms with van der Waals surface area (Å²) in [4.78, 5) is 3.85. The second-order valence-corrected chi connectivity index (χ2v) is 7.44. The predicted octanol–water partition coefficient (Wildman–Crippen LogP) is 4.62. The quantitative estimate of drug-likeness (QED) is 0.335. The normalized spacial score (nSPS) is 15.4. The molecule has 0 saturated carbocycles. The first-order valence-electron chi connectivity index (χ1n) is 7.27. The number of rotatable bonds is 10. The molecule has 0 aliphatic carbocycles. The molecular formula is C16H26Cl3NO2. The third kappa shape index (κ3) is 10.6. The number of alkyl halides is 1. The molecule has 128 valence electrons. The molecule has 6 heteroatoms. The summed E-state index contributed by atoms with van der Waals surface area (Å²) in [5.41, 5.74) is 0.995. The second kappa shape index (κ2) is 10.7. The van der Waals surface area contributed by atoms with Crippen molar-refractivity contribution in [2.24, 2.45) is 4.99 Å². The maximum atomic E-state index is 9.78. The lowest BCUT2D eigenvalue weighted by molar-refractivity contribution is -0.0509. The highest BCUT2D eigenvalue weighted by Crippen LogP contribution is 2.19. The molecule has 0 aliphatic rings. The molecule has 0 rings (SSSR count). The Balaban J connectivity index is 4.10. The summed E-state index contributed by atoms with van der Waals surface area (Å²) in [7, 11) is 0. The molecule has 0 saturated heterocycles. The zero-order valence-corrected chi connectivity index (χ0v) is 15.7. The highest BCUT2D eigenvalue weighted by atomic mass is 35.5. The largest absolute Gasteiger partial charge is 0.390 e. The Bertz CT molecular complexity index is 410. The number of allylic oxidation sites excluding steroid dienone is 2. The van der Waals surface area contributed by atoms with E-state index in [0.717, 1.165) is 24.8 Å². The first kappa shape index (κ1) is 21.9. The van der Waals surface area contributed by atoms with Gasteiger partial charge < -0.3 is 10.2 Å². The Hall–Kier alpha value is -0.0600. The summed E-state index contributed by atoms with van der Waals surface area (Å²) in [5, 5.41) is 19.2. The highest BCUT2D eigenvalue weighted by molar-refractivity contribution is 6.95. The number of halogens is 3. The van der Waals surface area contributed by atoms with Crippen LogP contribution >= 0.6 is 34.8 Å². The van der Waals surface area contributed by atoms with Crippen LogP contribution in [-0.2, 0) is 0 Å². The number of nitrogens with zero attached hydrogens (tertiary/aromatic N) is 1. The molecule has 0 radical (unpaired) electrons. The van der Waals surface area contributed by atoms with Crippen molar-refractivity contribution in [2.45, 2.75) is 63.5 Å². The molecule has 0 aliphatic heterocycles. The van der Waals surface area contributed by atoms with Crippen LogP contribution < -0.4 is 0 Å². The van der Waals surface area contributed by atoms with E-state index >= 15 is 0 Å². The van der Waals surface area contributed by atoms with Crippen LogP contribution in [0, 0.1) is 0 Å². The Kier molecular flexibility index (Phi) is 10.6. The summed E-state index contributed by atoms with van der Waals surface area (Å²) in [6.45, 7) is 9.49. The van der Waals surface area contributed by atoms with Gasteiger partial charge in [-0.05, 0) is 69.7 Å². The second-order valence-electron chi connectivity index (χ2n) is 6.00. The Morgan fingerprint density at radius 2 is 1.91 bits per heavy atom. The van der Waals surface area contributed by atoms with Crippen molar-refractivity contribution in [3.63, 3.8) is 0 Å². The van der Waals surface area contributed by atoms with Crippen molar-refractivity contribution in [2.75, 3.05) is 6.54 Å². The van der Waals surface area contributed by atoms with Crippen molar-refractivity contribution in [3.05, 3.63) is 23.8 Å². The van der Waals surface area contributed by atoms with Crippen molar-refractivity contribution < 1.29 is 10.2 Å². The molecular weight excluding hydrogens is 345 g/mol. The van der Waals surface area contributed by atoms with E-state index in [0.29, 0.717) is 13.0 Å². The standard InChI is InChI=1S/C16H26Cl3NO2/c1-11(8-9-14(21)16(3,4)22)6-5-7-12(2)13(17)10-20-15(18)19/h6,13-14,21-22H,2,5,7-10H2,1,3-4H3/b11-6+/t13-,14+/m1/s1. The molecule has 2 N–H and O–H groups in total. The number of aliphatic hydroxyl groups excluding tert-OH is 1. The fourth-order valence-corrected chi connectivity index (χ4v) is 2.07. The van der Waals surface area contributed by atoms with Gasteiger partial charge in [-0.3, -0.25) is 4.99 Å². The predicted molar refractivity (Wildman–Crippen MR) is 97.3 cm³/mol. The molecule has 3 nitrogen and oxygen atoms in total. The molecule has 0 aromatic heterocycles. The van der Waals surface area contributed by atoms with Crippen molar-refractivity contribution in [3.8, 4) is 0 Å². The van der Waals surface area contributed by atoms with Crippen molar-refractivity contribution in [1.82, 2.24) is 0 Å². The highest BCUT2D eigenvalue weighted by Gasteiger charge is 2.23. The van der Waals surface area contributed by atoms with Crippen LogP contribution in [0.4, 0.5) is 0 Å². The van der Waals surface area contributed by atoms with Crippen molar-refractivity contribution in [1.29, 1.82) is 0 Å². The fourth-order valence-electron chi connectivity index (χ4n) is 1.76. The summed E-state index contributed by atoms with van der Waals surface area (Å²) in [6.07, 6.45) is 4.24. The van der Waals surface area contributed by atoms with Gasteiger partial charge in [0.2, 0.25) is 0 Å². The van der Waals surface area contributed by atoms with Crippen LogP contribution in [0.15, 0.2) is 28.8 Å². The molecule has 0 aromatic carbocycles. The van der Waals surface area contributed by atoms with Gasteiger partial charge in [0.25, 0.3) is 0 Å². The Morgan fingerprint density at radius 1 is 1.32 bits per heavy atom.